The molecule has 2 nitrogen and oxygen atoms in total. The molecule has 0 radical (unpaired) electrons. The lowest BCUT2D eigenvalue weighted by Crippen LogP contribution is -2.38. The van der Waals surface area contributed by atoms with E-state index in [0.717, 1.165) is 24.2 Å². The Kier molecular flexibility index (Phi) is 4.68. The molecule has 0 saturated carbocycles. The van der Waals surface area contributed by atoms with Crippen LogP contribution < -0.4 is 10.1 Å². The molecule has 1 aromatic rings. The first-order chi connectivity index (χ1) is 8.97. The normalized spacial score (nSPS) is 26.9. The lowest BCUT2D eigenvalue weighted by molar-refractivity contribution is -0.0498. The van der Waals surface area contributed by atoms with Gasteiger partial charge >= 0.3 is 6.61 Å². The van der Waals surface area contributed by atoms with Crippen LogP contribution in [-0.2, 0) is 6.42 Å². The van der Waals surface area contributed by atoms with E-state index >= 15 is 0 Å². The van der Waals surface area contributed by atoms with E-state index in [1.54, 1.807) is 12.1 Å². The standard InChI is InChI=1S/C14H19F2NOS/c1-10-9-19-14(2,17-10)8-7-11-3-5-12(6-4-11)18-13(15)16/h3-6,10,13,17H,7-9H2,1-2H3. The van der Waals surface area contributed by atoms with Gasteiger partial charge in [-0.05, 0) is 44.4 Å². The minimum atomic E-state index is -2.76. The summed E-state index contributed by atoms with van der Waals surface area (Å²) >= 11 is 1.95. The van der Waals surface area contributed by atoms with Gasteiger partial charge in [-0.3, -0.25) is 5.32 Å². The summed E-state index contributed by atoms with van der Waals surface area (Å²) in [5, 5.41) is 3.58. The fourth-order valence-electron chi connectivity index (χ4n) is 2.28. The van der Waals surface area contributed by atoms with Crippen LogP contribution in [0.15, 0.2) is 24.3 Å². The van der Waals surface area contributed by atoms with Gasteiger partial charge in [-0.15, -0.1) is 11.8 Å². The van der Waals surface area contributed by atoms with E-state index in [1.807, 2.05) is 23.9 Å². The van der Waals surface area contributed by atoms with E-state index in [2.05, 4.69) is 23.9 Å². The van der Waals surface area contributed by atoms with Gasteiger partial charge in [0.2, 0.25) is 0 Å². The molecule has 1 heterocycles. The van der Waals surface area contributed by atoms with Crippen LogP contribution in [0, 0.1) is 0 Å². The number of ether oxygens (including phenoxy) is 1. The molecular weight excluding hydrogens is 268 g/mol. The van der Waals surface area contributed by atoms with Gasteiger partial charge < -0.3 is 4.74 Å². The number of aryl methyl sites for hydroxylation is 1. The number of halogens is 2. The van der Waals surface area contributed by atoms with Crippen LogP contribution in [0.5, 0.6) is 5.75 Å². The molecular formula is C14H19F2NOS. The van der Waals surface area contributed by atoms with Crippen molar-refractivity contribution in [3.8, 4) is 5.75 Å². The highest BCUT2D eigenvalue weighted by atomic mass is 32.2. The fourth-order valence-corrected chi connectivity index (χ4v) is 3.51. The first-order valence-corrected chi connectivity index (χ1v) is 7.41. The third-order valence-corrected chi connectivity index (χ3v) is 4.87. The molecule has 1 aromatic carbocycles. The number of alkyl halides is 2. The highest BCUT2D eigenvalue weighted by Gasteiger charge is 2.32. The second-order valence-corrected chi connectivity index (χ2v) is 6.63. The quantitative estimate of drug-likeness (QED) is 0.893. The molecule has 1 N–H and O–H groups in total. The summed E-state index contributed by atoms with van der Waals surface area (Å²) in [5.74, 6) is 1.35. The van der Waals surface area contributed by atoms with Crippen LogP contribution in [-0.4, -0.2) is 23.3 Å². The number of thioether (sulfide) groups is 1. The Labute approximate surface area is 116 Å². The van der Waals surface area contributed by atoms with Crippen LogP contribution in [0.1, 0.15) is 25.8 Å². The molecule has 1 fully saturated rings. The number of rotatable bonds is 5. The Morgan fingerprint density at radius 1 is 1.42 bits per heavy atom. The molecule has 19 heavy (non-hydrogen) atoms. The van der Waals surface area contributed by atoms with Crippen LogP contribution in [0.4, 0.5) is 8.78 Å². The first kappa shape index (κ1) is 14.6. The SMILES string of the molecule is CC1CSC(C)(CCc2ccc(OC(F)F)cc2)N1. The van der Waals surface area contributed by atoms with Crippen molar-refractivity contribution in [3.05, 3.63) is 29.8 Å². The third kappa shape index (κ3) is 4.35. The van der Waals surface area contributed by atoms with E-state index < -0.39 is 6.61 Å². The smallest absolute Gasteiger partial charge is 0.387 e. The zero-order valence-electron chi connectivity index (χ0n) is 11.2. The summed E-state index contributed by atoms with van der Waals surface area (Å²) in [6.07, 6.45) is 1.95. The van der Waals surface area contributed by atoms with Crippen molar-refractivity contribution in [2.75, 3.05) is 5.75 Å². The zero-order valence-corrected chi connectivity index (χ0v) is 12.0. The summed E-state index contributed by atoms with van der Waals surface area (Å²) in [4.78, 5) is 0.123. The first-order valence-electron chi connectivity index (χ1n) is 6.42. The Balaban J connectivity index is 1.86. The summed E-state index contributed by atoms with van der Waals surface area (Å²) in [6.45, 7) is 1.65. The van der Waals surface area contributed by atoms with Crippen molar-refractivity contribution in [2.24, 2.45) is 0 Å². The highest BCUT2D eigenvalue weighted by Crippen LogP contribution is 2.34. The average molecular weight is 287 g/mol. The maximum absolute atomic E-state index is 12.0. The number of hydrogen-bond donors (Lipinski definition) is 1. The fraction of sp³-hybridized carbons (Fsp3) is 0.571. The van der Waals surface area contributed by atoms with Crippen LogP contribution in [0.2, 0.25) is 0 Å². The van der Waals surface area contributed by atoms with Gasteiger partial charge in [0.25, 0.3) is 0 Å². The van der Waals surface area contributed by atoms with Crippen molar-refractivity contribution in [1.82, 2.24) is 5.32 Å². The van der Waals surface area contributed by atoms with E-state index in [0.29, 0.717) is 6.04 Å². The summed E-state index contributed by atoms with van der Waals surface area (Å²) in [5.41, 5.74) is 1.14. The van der Waals surface area contributed by atoms with Gasteiger partial charge in [-0.25, -0.2) is 0 Å². The van der Waals surface area contributed by atoms with Gasteiger partial charge in [-0.1, -0.05) is 12.1 Å². The van der Waals surface area contributed by atoms with Crippen molar-refractivity contribution in [3.63, 3.8) is 0 Å². The second kappa shape index (κ2) is 6.09. The van der Waals surface area contributed by atoms with Crippen LogP contribution in [0.25, 0.3) is 0 Å². The van der Waals surface area contributed by atoms with E-state index in [1.165, 1.54) is 0 Å². The summed E-state index contributed by atoms with van der Waals surface area (Å²) < 4.78 is 28.4. The summed E-state index contributed by atoms with van der Waals surface area (Å²) in [7, 11) is 0. The van der Waals surface area contributed by atoms with Crippen molar-refractivity contribution in [2.45, 2.75) is 44.2 Å². The molecule has 106 valence electrons. The van der Waals surface area contributed by atoms with Crippen molar-refractivity contribution < 1.29 is 13.5 Å². The molecule has 0 aromatic heterocycles. The molecule has 2 unspecified atom stereocenters. The molecule has 0 amide bonds. The predicted molar refractivity (Wildman–Crippen MR) is 74.9 cm³/mol. The minimum Gasteiger partial charge on any atom is -0.435 e. The lowest BCUT2D eigenvalue weighted by Gasteiger charge is -2.24. The molecule has 1 aliphatic heterocycles. The monoisotopic (exact) mass is 287 g/mol. The Morgan fingerprint density at radius 2 is 2.11 bits per heavy atom. The van der Waals surface area contributed by atoms with Gasteiger partial charge in [0, 0.05) is 11.8 Å². The molecule has 0 aliphatic carbocycles. The Morgan fingerprint density at radius 3 is 2.63 bits per heavy atom. The van der Waals surface area contributed by atoms with Gasteiger partial charge in [-0.2, -0.15) is 8.78 Å². The highest BCUT2D eigenvalue weighted by molar-refractivity contribution is 8.00. The van der Waals surface area contributed by atoms with Crippen molar-refractivity contribution >= 4 is 11.8 Å². The molecule has 0 spiro atoms. The largest absolute Gasteiger partial charge is 0.435 e. The molecule has 2 atom stereocenters. The molecule has 1 aliphatic rings. The van der Waals surface area contributed by atoms with E-state index in [4.69, 9.17) is 0 Å². The topological polar surface area (TPSA) is 21.3 Å². The third-order valence-electron chi connectivity index (χ3n) is 3.24. The summed E-state index contributed by atoms with van der Waals surface area (Å²) in [6, 6.07) is 7.45. The molecule has 1 saturated heterocycles. The Bertz CT molecular complexity index is 412. The number of benzene rings is 1. The van der Waals surface area contributed by atoms with E-state index in [-0.39, 0.29) is 10.6 Å². The van der Waals surface area contributed by atoms with Gasteiger partial charge in [0.1, 0.15) is 5.75 Å². The second-order valence-electron chi connectivity index (χ2n) is 5.11. The Hall–Kier alpha value is -0.810. The lowest BCUT2D eigenvalue weighted by atomic mass is 10.1. The molecule has 0 bridgehead atoms. The maximum Gasteiger partial charge on any atom is 0.387 e. The van der Waals surface area contributed by atoms with Gasteiger partial charge in [0.15, 0.2) is 0 Å². The molecule has 2 rings (SSSR count). The molecule has 5 heteroatoms. The average Bonchev–Trinajstić information content (AvgIpc) is 2.68. The van der Waals surface area contributed by atoms with Crippen LogP contribution >= 0.6 is 11.8 Å². The predicted octanol–water partition coefficient (Wildman–Crippen LogP) is 3.66. The maximum atomic E-state index is 12.0. The van der Waals surface area contributed by atoms with Crippen molar-refractivity contribution in [1.29, 1.82) is 0 Å². The number of hydrogen-bond acceptors (Lipinski definition) is 3. The minimum absolute atomic E-state index is 0.123. The number of nitrogens with one attached hydrogen (secondary N) is 1. The van der Waals surface area contributed by atoms with E-state index in [9.17, 15) is 8.78 Å². The van der Waals surface area contributed by atoms with Gasteiger partial charge in [0.05, 0.1) is 4.87 Å². The van der Waals surface area contributed by atoms with Crippen LogP contribution in [0.3, 0.4) is 0 Å². The zero-order chi connectivity index (χ0) is 13.9.